The highest BCUT2D eigenvalue weighted by atomic mass is 16.5. The summed E-state index contributed by atoms with van der Waals surface area (Å²) in [4.78, 5) is 26.9. The van der Waals surface area contributed by atoms with Crippen LogP contribution in [-0.2, 0) is 16.0 Å². The SMILES string of the molecule is CCCNC(=O)COc1cccn2c(CC(=O)O)c(C)nc12. The van der Waals surface area contributed by atoms with Gasteiger partial charge >= 0.3 is 5.97 Å². The summed E-state index contributed by atoms with van der Waals surface area (Å²) in [6, 6.07) is 3.44. The van der Waals surface area contributed by atoms with Gasteiger partial charge in [-0.25, -0.2) is 4.98 Å². The molecule has 0 aliphatic carbocycles. The van der Waals surface area contributed by atoms with Gasteiger partial charge in [0.25, 0.3) is 5.91 Å². The van der Waals surface area contributed by atoms with Crippen molar-refractivity contribution in [3.63, 3.8) is 0 Å². The maximum absolute atomic E-state index is 11.6. The molecule has 118 valence electrons. The third-order valence-corrected chi connectivity index (χ3v) is 3.16. The molecule has 2 aromatic heterocycles. The molecule has 0 bridgehead atoms. The summed E-state index contributed by atoms with van der Waals surface area (Å²) in [7, 11) is 0. The van der Waals surface area contributed by atoms with Crippen LogP contribution in [0.3, 0.4) is 0 Å². The number of fused-ring (bicyclic) bond motifs is 1. The monoisotopic (exact) mass is 305 g/mol. The van der Waals surface area contributed by atoms with Gasteiger partial charge in [0.15, 0.2) is 18.0 Å². The zero-order chi connectivity index (χ0) is 16.1. The number of nitrogens with one attached hydrogen (secondary N) is 1. The van der Waals surface area contributed by atoms with Gasteiger partial charge in [0.2, 0.25) is 0 Å². The van der Waals surface area contributed by atoms with Crippen LogP contribution in [0.4, 0.5) is 0 Å². The van der Waals surface area contributed by atoms with Gasteiger partial charge in [-0.15, -0.1) is 0 Å². The number of carbonyl (C=O) groups is 2. The van der Waals surface area contributed by atoms with Crippen LogP contribution < -0.4 is 10.1 Å². The molecule has 2 aromatic rings. The predicted molar refractivity (Wildman–Crippen MR) is 80.1 cm³/mol. The molecule has 0 saturated carbocycles. The van der Waals surface area contributed by atoms with E-state index in [1.165, 1.54) is 0 Å². The van der Waals surface area contributed by atoms with E-state index in [4.69, 9.17) is 9.84 Å². The molecule has 0 aliphatic heterocycles. The maximum Gasteiger partial charge on any atom is 0.309 e. The second-order valence-electron chi connectivity index (χ2n) is 4.92. The Hall–Kier alpha value is -2.57. The number of hydrogen-bond acceptors (Lipinski definition) is 4. The van der Waals surface area contributed by atoms with Crippen molar-refractivity contribution in [2.45, 2.75) is 26.7 Å². The maximum atomic E-state index is 11.6. The predicted octanol–water partition coefficient (Wildman–Crippen LogP) is 1.17. The zero-order valence-electron chi connectivity index (χ0n) is 12.6. The molecule has 0 saturated heterocycles. The fourth-order valence-corrected chi connectivity index (χ4v) is 2.13. The lowest BCUT2D eigenvalue weighted by Crippen LogP contribution is -2.29. The molecule has 2 heterocycles. The number of aliphatic carboxylic acids is 1. The Kier molecular flexibility index (Phi) is 4.98. The topological polar surface area (TPSA) is 92.9 Å². The Morgan fingerprint density at radius 1 is 1.45 bits per heavy atom. The smallest absolute Gasteiger partial charge is 0.309 e. The molecule has 0 radical (unpaired) electrons. The van der Waals surface area contributed by atoms with Gasteiger partial charge in [-0.2, -0.15) is 0 Å². The van der Waals surface area contributed by atoms with Crippen LogP contribution >= 0.6 is 0 Å². The first-order valence-corrected chi connectivity index (χ1v) is 7.10. The van der Waals surface area contributed by atoms with Gasteiger partial charge in [0.1, 0.15) is 0 Å². The molecule has 2 N–H and O–H groups in total. The number of nitrogens with zero attached hydrogens (tertiary/aromatic N) is 2. The summed E-state index contributed by atoms with van der Waals surface area (Å²) in [5.41, 5.74) is 1.75. The molecule has 0 aliphatic rings. The van der Waals surface area contributed by atoms with Crippen molar-refractivity contribution in [3.8, 4) is 5.75 Å². The highest BCUT2D eigenvalue weighted by Gasteiger charge is 2.15. The largest absolute Gasteiger partial charge is 0.481 e. The molecular weight excluding hydrogens is 286 g/mol. The molecular formula is C15H19N3O4. The first kappa shape index (κ1) is 15.8. The van der Waals surface area contributed by atoms with Gasteiger partial charge in [-0.05, 0) is 25.5 Å². The van der Waals surface area contributed by atoms with Crippen molar-refractivity contribution in [2.75, 3.05) is 13.2 Å². The summed E-state index contributed by atoms with van der Waals surface area (Å²) in [5.74, 6) is -0.665. The molecule has 1 amide bonds. The Morgan fingerprint density at radius 2 is 2.23 bits per heavy atom. The molecule has 0 aromatic carbocycles. The molecule has 7 heteroatoms. The van der Waals surface area contributed by atoms with Gasteiger partial charge in [0.05, 0.1) is 17.8 Å². The van der Waals surface area contributed by atoms with Crippen LogP contribution in [0.1, 0.15) is 24.7 Å². The highest BCUT2D eigenvalue weighted by molar-refractivity contribution is 5.77. The molecule has 2 rings (SSSR count). The number of carboxylic acid groups (broad SMARTS) is 1. The first-order chi connectivity index (χ1) is 10.5. The van der Waals surface area contributed by atoms with E-state index in [0.717, 1.165) is 6.42 Å². The zero-order valence-corrected chi connectivity index (χ0v) is 12.6. The van der Waals surface area contributed by atoms with E-state index in [-0.39, 0.29) is 18.9 Å². The lowest BCUT2D eigenvalue weighted by Gasteiger charge is -2.08. The van der Waals surface area contributed by atoms with Crippen LogP contribution in [0.25, 0.3) is 5.65 Å². The van der Waals surface area contributed by atoms with Crippen molar-refractivity contribution >= 4 is 17.5 Å². The quantitative estimate of drug-likeness (QED) is 0.801. The third kappa shape index (κ3) is 3.55. The fourth-order valence-electron chi connectivity index (χ4n) is 2.13. The van der Waals surface area contributed by atoms with Gasteiger partial charge < -0.3 is 19.6 Å². The minimum absolute atomic E-state index is 0.0974. The average molecular weight is 305 g/mol. The van der Waals surface area contributed by atoms with Gasteiger partial charge in [0, 0.05) is 12.7 Å². The van der Waals surface area contributed by atoms with E-state index in [9.17, 15) is 9.59 Å². The molecule has 0 atom stereocenters. The average Bonchev–Trinajstić information content (AvgIpc) is 2.79. The van der Waals surface area contributed by atoms with Crippen LogP contribution in [0, 0.1) is 6.92 Å². The van der Waals surface area contributed by atoms with Gasteiger partial charge in [-0.3, -0.25) is 9.59 Å². The normalized spacial score (nSPS) is 10.6. The second kappa shape index (κ2) is 6.93. The number of aryl methyl sites for hydroxylation is 1. The van der Waals surface area contributed by atoms with Crippen LogP contribution in [0.15, 0.2) is 18.3 Å². The van der Waals surface area contributed by atoms with E-state index in [2.05, 4.69) is 10.3 Å². The number of aromatic nitrogens is 2. The van der Waals surface area contributed by atoms with Crippen LogP contribution in [0.5, 0.6) is 5.75 Å². The van der Waals surface area contributed by atoms with E-state index >= 15 is 0 Å². The number of ether oxygens (including phenoxy) is 1. The summed E-state index contributed by atoms with van der Waals surface area (Å²) in [6.07, 6.45) is 2.48. The number of carbonyl (C=O) groups excluding carboxylic acids is 1. The second-order valence-corrected chi connectivity index (χ2v) is 4.92. The number of carboxylic acids is 1. The van der Waals surface area contributed by atoms with Crippen LogP contribution in [0.2, 0.25) is 0 Å². The lowest BCUT2D eigenvalue weighted by molar-refractivity contribution is -0.136. The summed E-state index contributed by atoms with van der Waals surface area (Å²) >= 11 is 0. The molecule has 0 unspecified atom stereocenters. The summed E-state index contributed by atoms with van der Waals surface area (Å²) in [6.45, 7) is 4.24. The van der Waals surface area contributed by atoms with E-state index in [0.29, 0.717) is 29.3 Å². The van der Waals surface area contributed by atoms with Gasteiger partial charge in [-0.1, -0.05) is 6.92 Å². The van der Waals surface area contributed by atoms with E-state index < -0.39 is 5.97 Å². The number of amides is 1. The van der Waals surface area contributed by atoms with Crippen molar-refractivity contribution in [3.05, 3.63) is 29.7 Å². The number of rotatable bonds is 7. The Labute approximate surface area is 127 Å². The Balaban J connectivity index is 2.21. The minimum atomic E-state index is -0.921. The molecule has 0 fully saturated rings. The third-order valence-electron chi connectivity index (χ3n) is 3.16. The van der Waals surface area contributed by atoms with E-state index in [1.807, 2.05) is 6.92 Å². The highest BCUT2D eigenvalue weighted by Crippen LogP contribution is 2.22. The van der Waals surface area contributed by atoms with Crippen molar-refractivity contribution in [2.24, 2.45) is 0 Å². The number of pyridine rings is 1. The summed E-state index contributed by atoms with van der Waals surface area (Å²) in [5, 5.41) is 11.7. The van der Waals surface area contributed by atoms with E-state index in [1.54, 1.807) is 29.7 Å². The lowest BCUT2D eigenvalue weighted by atomic mass is 10.2. The first-order valence-electron chi connectivity index (χ1n) is 7.10. The fraction of sp³-hybridized carbons (Fsp3) is 0.400. The minimum Gasteiger partial charge on any atom is -0.481 e. The molecule has 22 heavy (non-hydrogen) atoms. The Bertz CT molecular complexity index is 693. The molecule has 0 spiro atoms. The van der Waals surface area contributed by atoms with Crippen molar-refractivity contribution in [1.29, 1.82) is 0 Å². The Morgan fingerprint density at radius 3 is 2.91 bits per heavy atom. The summed E-state index contributed by atoms with van der Waals surface area (Å²) < 4.78 is 7.19. The van der Waals surface area contributed by atoms with Crippen LogP contribution in [-0.4, -0.2) is 39.5 Å². The number of imidazole rings is 1. The molecule has 7 nitrogen and oxygen atoms in total. The number of hydrogen-bond donors (Lipinski definition) is 2. The van der Waals surface area contributed by atoms with Crippen molar-refractivity contribution < 1.29 is 19.4 Å². The standard InChI is InChI=1S/C15H19N3O4/c1-3-6-16-13(19)9-22-12-5-4-7-18-11(8-14(20)21)10(2)17-15(12)18/h4-5,7H,3,6,8-9H2,1-2H3,(H,16,19)(H,20,21). The van der Waals surface area contributed by atoms with Crippen molar-refractivity contribution in [1.82, 2.24) is 14.7 Å².